The second-order valence-corrected chi connectivity index (χ2v) is 5.79. The van der Waals surface area contributed by atoms with Crippen LogP contribution in [-0.4, -0.2) is 23.5 Å². The summed E-state index contributed by atoms with van der Waals surface area (Å²) in [6.07, 6.45) is 0. The minimum Gasteiger partial charge on any atom is -0.266 e. The number of non-ortho nitro benzene ring substituents is 1. The molecule has 1 heterocycles. The third-order valence-electron chi connectivity index (χ3n) is 2.28. The predicted molar refractivity (Wildman–Crippen MR) is 73.3 cm³/mol. The van der Waals surface area contributed by atoms with Crippen molar-refractivity contribution in [3.05, 3.63) is 51.2 Å². The van der Waals surface area contributed by atoms with E-state index >= 15 is 0 Å². The van der Waals surface area contributed by atoms with Crippen molar-refractivity contribution in [2.24, 2.45) is 0 Å². The number of benzene rings is 1. The summed E-state index contributed by atoms with van der Waals surface area (Å²) in [5.74, 6) is 0.0666. The molecule has 0 atom stereocenters. The quantitative estimate of drug-likeness (QED) is 0.505. The Bertz CT molecular complexity index is 778. The van der Waals surface area contributed by atoms with E-state index in [1.165, 1.54) is 12.1 Å². The van der Waals surface area contributed by atoms with Crippen molar-refractivity contribution in [3.8, 4) is 0 Å². The summed E-state index contributed by atoms with van der Waals surface area (Å²) >= 11 is 4.79. The van der Waals surface area contributed by atoms with Gasteiger partial charge in [0.15, 0.2) is 5.82 Å². The van der Waals surface area contributed by atoms with Gasteiger partial charge in [0.2, 0.25) is 0 Å². The molecule has 0 saturated heterocycles. The first-order valence-corrected chi connectivity index (χ1v) is 7.11. The number of nitrogens with one attached hydrogen (secondary N) is 2. The molecule has 10 heteroatoms. The van der Waals surface area contributed by atoms with E-state index in [2.05, 4.69) is 14.9 Å². The molecule has 0 aliphatic heterocycles. The van der Waals surface area contributed by atoms with E-state index in [1.54, 1.807) is 0 Å². The summed E-state index contributed by atoms with van der Waals surface area (Å²) in [5, 5.41) is 16.7. The minimum atomic E-state index is -3.86. The summed E-state index contributed by atoms with van der Waals surface area (Å²) in [4.78, 5) is 9.79. The van der Waals surface area contributed by atoms with Crippen LogP contribution in [0.25, 0.3) is 0 Å². The number of sulfonamides is 1. The maximum absolute atomic E-state index is 12.0. The van der Waals surface area contributed by atoms with Gasteiger partial charge in [0.05, 0.1) is 9.82 Å². The lowest BCUT2D eigenvalue weighted by Gasteiger charge is -2.06. The van der Waals surface area contributed by atoms with Crippen molar-refractivity contribution in [1.29, 1.82) is 0 Å². The van der Waals surface area contributed by atoms with Gasteiger partial charge in [0, 0.05) is 12.1 Å². The van der Waals surface area contributed by atoms with Crippen LogP contribution in [0.2, 0.25) is 0 Å². The molecule has 0 amide bonds. The lowest BCUT2D eigenvalue weighted by Crippen LogP contribution is -2.14. The van der Waals surface area contributed by atoms with Gasteiger partial charge in [-0.25, -0.2) is 8.42 Å². The van der Waals surface area contributed by atoms with Crippen LogP contribution in [0.3, 0.4) is 0 Å². The average molecular weight is 312 g/mol. The third-order valence-corrected chi connectivity index (χ3v) is 3.87. The van der Waals surface area contributed by atoms with Gasteiger partial charge in [-0.2, -0.15) is 5.10 Å². The lowest BCUT2D eigenvalue weighted by molar-refractivity contribution is -0.384. The van der Waals surface area contributed by atoms with Crippen LogP contribution in [-0.2, 0) is 10.0 Å². The molecular formula is C10H8N4O4S2. The maximum Gasteiger partial charge on any atom is 0.269 e. The number of anilines is 1. The molecule has 2 N–H and O–H groups in total. The van der Waals surface area contributed by atoms with E-state index in [1.807, 2.05) is 0 Å². The van der Waals surface area contributed by atoms with Crippen LogP contribution in [0.1, 0.15) is 0 Å². The Balaban J connectivity index is 2.28. The summed E-state index contributed by atoms with van der Waals surface area (Å²) < 4.78 is 26.6. The fourth-order valence-electron chi connectivity index (χ4n) is 1.34. The Morgan fingerprint density at radius 1 is 1.20 bits per heavy atom. The molecule has 2 rings (SSSR count). The summed E-state index contributed by atoms with van der Waals surface area (Å²) in [7, 11) is -3.86. The van der Waals surface area contributed by atoms with Gasteiger partial charge in [-0.3, -0.25) is 19.9 Å². The van der Waals surface area contributed by atoms with Crippen molar-refractivity contribution in [3.63, 3.8) is 0 Å². The van der Waals surface area contributed by atoms with E-state index < -0.39 is 14.9 Å². The zero-order valence-corrected chi connectivity index (χ0v) is 11.4. The molecule has 8 nitrogen and oxygen atoms in total. The molecule has 0 bridgehead atoms. The van der Waals surface area contributed by atoms with E-state index in [0.29, 0.717) is 4.64 Å². The average Bonchev–Trinajstić information content (AvgIpc) is 2.41. The first kappa shape index (κ1) is 14.1. The number of aromatic nitrogens is 2. The molecule has 20 heavy (non-hydrogen) atoms. The summed E-state index contributed by atoms with van der Waals surface area (Å²) in [5.41, 5.74) is -0.189. The van der Waals surface area contributed by atoms with Gasteiger partial charge < -0.3 is 0 Å². The standard InChI is InChI=1S/C10H8N4O4S2/c15-14(16)7-1-3-8(4-2-7)20(17,18)13-9-5-6-10(19)12-11-9/h1-6H,(H,11,13)(H,12,19). The van der Waals surface area contributed by atoms with E-state index in [4.69, 9.17) is 12.2 Å². The van der Waals surface area contributed by atoms with Crippen molar-refractivity contribution in [1.82, 2.24) is 10.2 Å². The van der Waals surface area contributed by atoms with Crippen LogP contribution in [0.4, 0.5) is 11.5 Å². The van der Waals surface area contributed by atoms with E-state index in [-0.39, 0.29) is 16.4 Å². The maximum atomic E-state index is 12.0. The Hall–Kier alpha value is -2.33. The minimum absolute atomic E-state index is 0.0666. The number of rotatable bonds is 4. The number of nitrogens with zero attached hydrogens (tertiary/aromatic N) is 2. The fourth-order valence-corrected chi connectivity index (χ4v) is 2.46. The normalized spacial score (nSPS) is 11.0. The molecule has 0 unspecified atom stereocenters. The molecule has 104 valence electrons. The first-order chi connectivity index (χ1) is 9.38. The zero-order chi connectivity index (χ0) is 14.8. The molecule has 0 radical (unpaired) electrons. The Kier molecular flexibility index (Phi) is 3.77. The van der Waals surface area contributed by atoms with Crippen LogP contribution in [0, 0.1) is 14.8 Å². The predicted octanol–water partition coefficient (Wildman–Crippen LogP) is 1.85. The number of H-pyrrole nitrogens is 1. The molecule has 0 aliphatic carbocycles. The molecule has 0 fully saturated rings. The number of hydrogen-bond acceptors (Lipinski definition) is 6. The number of nitro groups is 1. The second-order valence-electron chi connectivity index (χ2n) is 3.66. The summed E-state index contributed by atoms with van der Waals surface area (Å²) in [6.45, 7) is 0. The first-order valence-electron chi connectivity index (χ1n) is 5.21. The molecule has 0 saturated carbocycles. The van der Waals surface area contributed by atoms with Crippen LogP contribution in [0.5, 0.6) is 0 Å². The van der Waals surface area contributed by atoms with Crippen LogP contribution >= 0.6 is 12.2 Å². The highest BCUT2D eigenvalue weighted by Crippen LogP contribution is 2.17. The van der Waals surface area contributed by atoms with E-state index in [9.17, 15) is 18.5 Å². The van der Waals surface area contributed by atoms with Crippen molar-refractivity contribution < 1.29 is 13.3 Å². The second kappa shape index (κ2) is 5.35. The zero-order valence-electron chi connectivity index (χ0n) is 9.81. The third kappa shape index (κ3) is 3.16. The van der Waals surface area contributed by atoms with Gasteiger partial charge in [0.1, 0.15) is 4.64 Å². The van der Waals surface area contributed by atoms with Crippen molar-refractivity contribution in [2.45, 2.75) is 4.90 Å². The number of nitro benzene ring substituents is 1. The highest BCUT2D eigenvalue weighted by Gasteiger charge is 2.16. The van der Waals surface area contributed by atoms with Gasteiger partial charge >= 0.3 is 0 Å². The van der Waals surface area contributed by atoms with Crippen LogP contribution < -0.4 is 4.72 Å². The molecule has 1 aromatic carbocycles. The van der Waals surface area contributed by atoms with E-state index in [0.717, 1.165) is 24.3 Å². The highest BCUT2D eigenvalue weighted by molar-refractivity contribution is 7.92. The molecule has 1 aromatic heterocycles. The Morgan fingerprint density at radius 2 is 1.85 bits per heavy atom. The van der Waals surface area contributed by atoms with Gasteiger partial charge in [0.25, 0.3) is 15.7 Å². The Labute approximate surface area is 118 Å². The SMILES string of the molecule is O=[N+]([O-])c1ccc(S(=O)(=O)Nc2ccc(=S)[nH]n2)cc1. The summed E-state index contributed by atoms with van der Waals surface area (Å²) in [6, 6.07) is 7.40. The highest BCUT2D eigenvalue weighted by atomic mass is 32.2. The molecule has 2 aromatic rings. The number of hydrogen-bond donors (Lipinski definition) is 2. The lowest BCUT2D eigenvalue weighted by atomic mass is 10.3. The van der Waals surface area contributed by atoms with Crippen molar-refractivity contribution >= 4 is 33.7 Å². The fraction of sp³-hybridized carbons (Fsp3) is 0. The largest absolute Gasteiger partial charge is 0.269 e. The molecule has 0 spiro atoms. The van der Waals surface area contributed by atoms with Gasteiger partial charge in [-0.1, -0.05) is 12.2 Å². The smallest absolute Gasteiger partial charge is 0.266 e. The van der Waals surface area contributed by atoms with Gasteiger partial charge in [-0.05, 0) is 24.3 Å². The monoisotopic (exact) mass is 312 g/mol. The van der Waals surface area contributed by atoms with Gasteiger partial charge in [-0.15, -0.1) is 0 Å². The van der Waals surface area contributed by atoms with Crippen molar-refractivity contribution in [2.75, 3.05) is 4.72 Å². The Morgan fingerprint density at radius 3 is 2.35 bits per heavy atom. The molecule has 0 aliphatic rings. The topological polar surface area (TPSA) is 118 Å². The van der Waals surface area contributed by atoms with Crippen LogP contribution in [0.15, 0.2) is 41.3 Å². The number of aromatic amines is 1. The molecular weight excluding hydrogens is 304 g/mol.